The first kappa shape index (κ1) is 14.5. The molecule has 0 unspecified atom stereocenters. The Bertz CT molecular complexity index is 875. The van der Waals surface area contributed by atoms with Crippen molar-refractivity contribution in [3.05, 3.63) is 59.2 Å². The number of ether oxygens (including phenoxy) is 1. The number of esters is 1. The fraction of sp³-hybridized carbons (Fsp3) is 0.0556. The number of benzene rings is 2. The standard InChI is InChI=1S/C18H11NO4/c1-3-12-5-4-6-15-16(12)18(22)19(17(15)21)13-7-9-14(10-8-13)23-11(2)20/h1,4-10H,2H3. The van der Waals surface area contributed by atoms with Crippen molar-refractivity contribution in [3.63, 3.8) is 0 Å². The van der Waals surface area contributed by atoms with E-state index in [2.05, 4.69) is 5.92 Å². The maximum atomic E-state index is 12.6. The minimum Gasteiger partial charge on any atom is -0.427 e. The molecule has 2 aromatic carbocycles. The molecule has 2 aromatic rings. The summed E-state index contributed by atoms with van der Waals surface area (Å²) in [6, 6.07) is 10.9. The summed E-state index contributed by atoms with van der Waals surface area (Å²) in [6.45, 7) is 1.29. The van der Waals surface area contributed by atoms with Crippen LogP contribution in [0, 0.1) is 12.3 Å². The van der Waals surface area contributed by atoms with E-state index in [1.165, 1.54) is 31.2 Å². The van der Waals surface area contributed by atoms with Gasteiger partial charge in [-0.25, -0.2) is 4.90 Å². The number of imide groups is 1. The first-order chi connectivity index (χ1) is 11.0. The quantitative estimate of drug-likeness (QED) is 0.370. The van der Waals surface area contributed by atoms with Crippen molar-refractivity contribution in [1.29, 1.82) is 0 Å². The molecular weight excluding hydrogens is 294 g/mol. The van der Waals surface area contributed by atoms with Gasteiger partial charge in [0.25, 0.3) is 11.8 Å². The van der Waals surface area contributed by atoms with Crippen molar-refractivity contribution < 1.29 is 19.1 Å². The molecule has 0 saturated carbocycles. The van der Waals surface area contributed by atoms with E-state index in [1.807, 2.05) is 0 Å². The largest absolute Gasteiger partial charge is 0.427 e. The van der Waals surface area contributed by atoms with Gasteiger partial charge in [-0.05, 0) is 36.4 Å². The Hall–Kier alpha value is -3.39. The van der Waals surface area contributed by atoms with Gasteiger partial charge in [-0.3, -0.25) is 14.4 Å². The van der Waals surface area contributed by atoms with Gasteiger partial charge in [0.15, 0.2) is 0 Å². The van der Waals surface area contributed by atoms with Crippen LogP contribution in [0.2, 0.25) is 0 Å². The predicted molar refractivity (Wildman–Crippen MR) is 83.3 cm³/mol. The Kier molecular flexibility index (Phi) is 3.43. The lowest BCUT2D eigenvalue weighted by Crippen LogP contribution is -2.29. The molecule has 0 aliphatic carbocycles. The molecule has 1 aliphatic rings. The average Bonchev–Trinajstić information content (AvgIpc) is 2.79. The van der Waals surface area contributed by atoms with Gasteiger partial charge < -0.3 is 4.74 Å². The summed E-state index contributed by atoms with van der Waals surface area (Å²) in [6.07, 6.45) is 5.40. The van der Waals surface area contributed by atoms with Crippen LogP contribution in [0.4, 0.5) is 5.69 Å². The number of carbonyl (C=O) groups is 3. The lowest BCUT2D eigenvalue weighted by atomic mass is 10.0. The molecule has 112 valence electrons. The Morgan fingerprint density at radius 2 is 1.78 bits per heavy atom. The number of terminal acetylenes is 1. The van der Waals surface area contributed by atoms with Crippen molar-refractivity contribution in [2.24, 2.45) is 0 Å². The van der Waals surface area contributed by atoms with E-state index in [4.69, 9.17) is 11.2 Å². The molecule has 0 radical (unpaired) electrons. The summed E-state index contributed by atoms with van der Waals surface area (Å²) in [5.74, 6) is 1.42. The maximum Gasteiger partial charge on any atom is 0.308 e. The van der Waals surface area contributed by atoms with Gasteiger partial charge in [0.2, 0.25) is 0 Å². The summed E-state index contributed by atoms with van der Waals surface area (Å²) in [5.41, 5.74) is 1.30. The SMILES string of the molecule is C#Cc1cccc2c1C(=O)N(c1ccc(OC(C)=O)cc1)C2=O. The first-order valence-electron chi connectivity index (χ1n) is 6.80. The zero-order valence-corrected chi connectivity index (χ0v) is 12.2. The van der Waals surface area contributed by atoms with Crippen LogP contribution in [0.5, 0.6) is 5.75 Å². The molecule has 3 rings (SSSR count). The lowest BCUT2D eigenvalue weighted by Gasteiger charge is -2.14. The topological polar surface area (TPSA) is 63.7 Å². The number of fused-ring (bicyclic) bond motifs is 1. The molecule has 1 aliphatic heterocycles. The Morgan fingerprint density at radius 1 is 1.09 bits per heavy atom. The molecule has 0 spiro atoms. The van der Waals surface area contributed by atoms with Crippen molar-refractivity contribution in [3.8, 4) is 18.1 Å². The fourth-order valence-electron chi connectivity index (χ4n) is 2.47. The van der Waals surface area contributed by atoms with E-state index in [9.17, 15) is 14.4 Å². The number of hydrogen-bond acceptors (Lipinski definition) is 4. The Balaban J connectivity index is 2.00. The number of nitrogens with zero attached hydrogens (tertiary/aromatic N) is 1. The van der Waals surface area contributed by atoms with E-state index < -0.39 is 17.8 Å². The van der Waals surface area contributed by atoms with Crippen molar-refractivity contribution in [1.82, 2.24) is 0 Å². The number of hydrogen-bond donors (Lipinski definition) is 0. The van der Waals surface area contributed by atoms with Crippen LogP contribution in [-0.4, -0.2) is 17.8 Å². The third kappa shape index (κ3) is 2.36. The molecule has 0 aromatic heterocycles. The molecule has 0 bridgehead atoms. The van der Waals surface area contributed by atoms with Crippen molar-refractivity contribution in [2.45, 2.75) is 6.92 Å². The predicted octanol–water partition coefficient (Wildman–Crippen LogP) is 2.39. The van der Waals surface area contributed by atoms with Gasteiger partial charge in [-0.1, -0.05) is 12.0 Å². The second kappa shape index (κ2) is 5.43. The fourth-order valence-corrected chi connectivity index (χ4v) is 2.47. The highest BCUT2D eigenvalue weighted by atomic mass is 16.5. The minimum atomic E-state index is -0.459. The molecule has 0 saturated heterocycles. The zero-order valence-electron chi connectivity index (χ0n) is 12.2. The second-order valence-electron chi connectivity index (χ2n) is 4.91. The summed E-state index contributed by atoms with van der Waals surface area (Å²) in [5, 5.41) is 0. The molecule has 2 amide bonds. The van der Waals surface area contributed by atoms with Crippen LogP contribution in [-0.2, 0) is 4.79 Å². The zero-order chi connectivity index (χ0) is 16.6. The summed E-state index contributed by atoms with van der Waals surface area (Å²) in [7, 11) is 0. The van der Waals surface area contributed by atoms with Crippen LogP contribution < -0.4 is 9.64 Å². The number of amides is 2. The number of rotatable bonds is 2. The molecule has 5 nitrogen and oxygen atoms in total. The van der Waals surface area contributed by atoms with Crippen LogP contribution in [0.15, 0.2) is 42.5 Å². The molecule has 0 atom stereocenters. The smallest absolute Gasteiger partial charge is 0.308 e. The third-order valence-corrected chi connectivity index (χ3v) is 3.43. The second-order valence-corrected chi connectivity index (χ2v) is 4.91. The Labute approximate surface area is 132 Å². The minimum absolute atomic E-state index is 0.240. The highest BCUT2D eigenvalue weighted by Gasteiger charge is 2.38. The normalized spacial score (nSPS) is 12.8. The van der Waals surface area contributed by atoms with Crippen LogP contribution in [0.3, 0.4) is 0 Å². The van der Waals surface area contributed by atoms with Crippen LogP contribution in [0.1, 0.15) is 33.2 Å². The maximum absolute atomic E-state index is 12.6. The number of anilines is 1. The van der Waals surface area contributed by atoms with Gasteiger partial charge in [-0.2, -0.15) is 0 Å². The molecule has 0 fully saturated rings. The number of carbonyl (C=O) groups excluding carboxylic acids is 3. The molecule has 23 heavy (non-hydrogen) atoms. The van der Waals surface area contributed by atoms with Gasteiger partial charge in [0.05, 0.1) is 16.8 Å². The van der Waals surface area contributed by atoms with Crippen molar-refractivity contribution >= 4 is 23.5 Å². The lowest BCUT2D eigenvalue weighted by molar-refractivity contribution is -0.131. The average molecular weight is 305 g/mol. The third-order valence-electron chi connectivity index (χ3n) is 3.43. The summed E-state index contributed by atoms with van der Waals surface area (Å²) in [4.78, 5) is 37.0. The highest BCUT2D eigenvalue weighted by Crippen LogP contribution is 2.31. The Morgan fingerprint density at radius 3 is 2.39 bits per heavy atom. The van der Waals surface area contributed by atoms with Crippen molar-refractivity contribution in [2.75, 3.05) is 4.90 Å². The van der Waals surface area contributed by atoms with Crippen LogP contribution in [0.25, 0.3) is 0 Å². The molecule has 5 heteroatoms. The van der Waals surface area contributed by atoms with Gasteiger partial charge >= 0.3 is 5.97 Å². The van der Waals surface area contributed by atoms with E-state index in [0.717, 1.165) is 4.90 Å². The highest BCUT2D eigenvalue weighted by molar-refractivity contribution is 6.35. The monoisotopic (exact) mass is 305 g/mol. The van der Waals surface area contributed by atoms with E-state index >= 15 is 0 Å². The van der Waals surface area contributed by atoms with Gasteiger partial charge in [0, 0.05) is 12.5 Å². The molecule has 1 heterocycles. The van der Waals surface area contributed by atoms with Gasteiger partial charge in [-0.15, -0.1) is 6.42 Å². The summed E-state index contributed by atoms with van der Waals surface area (Å²) >= 11 is 0. The van der Waals surface area contributed by atoms with E-state index in [1.54, 1.807) is 18.2 Å². The first-order valence-corrected chi connectivity index (χ1v) is 6.80. The summed E-state index contributed by atoms with van der Waals surface area (Å²) < 4.78 is 4.93. The van der Waals surface area contributed by atoms with E-state index in [-0.39, 0.29) is 11.1 Å². The van der Waals surface area contributed by atoms with E-state index in [0.29, 0.717) is 17.0 Å². The van der Waals surface area contributed by atoms with Crippen LogP contribution >= 0.6 is 0 Å². The molecular formula is C18H11NO4. The van der Waals surface area contributed by atoms with Gasteiger partial charge in [0.1, 0.15) is 5.75 Å². The molecule has 0 N–H and O–H groups in total.